The minimum absolute atomic E-state index is 0.112. The number of hydrogen-bond acceptors (Lipinski definition) is 7. The van der Waals surface area contributed by atoms with Crippen LogP contribution in [-0.4, -0.2) is 56.4 Å². The van der Waals surface area contributed by atoms with Crippen molar-refractivity contribution in [3.8, 4) is 11.5 Å². The number of nitrogens with zero attached hydrogens (tertiary/aromatic N) is 1. The van der Waals surface area contributed by atoms with E-state index < -0.39 is 11.8 Å². The van der Waals surface area contributed by atoms with E-state index in [-0.39, 0.29) is 18.6 Å². The fourth-order valence-electron chi connectivity index (χ4n) is 2.95. The van der Waals surface area contributed by atoms with Crippen molar-refractivity contribution in [2.75, 3.05) is 31.7 Å². The van der Waals surface area contributed by atoms with Crippen LogP contribution in [0, 0.1) is 6.92 Å². The van der Waals surface area contributed by atoms with Gasteiger partial charge in [0.25, 0.3) is 5.91 Å². The summed E-state index contributed by atoms with van der Waals surface area (Å²) in [6.07, 6.45) is 2.07. The van der Waals surface area contributed by atoms with E-state index in [1.165, 1.54) is 6.21 Å². The number of ether oxygens (including phenoxy) is 3. The zero-order valence-electron chi connectivity index (χ0n) is 21.4. The Hall–Kier alpha value is -3.63. The molecule has 11 heteroatoms. The predicted octanol–water partition coefficient (Wildman–Crippen LogP) is 3.45. The lowest BCUT2D eigenvalue weighted by molar-refractivity contribution is -0.139. The quantitative estimate of drug-likeness (QED) is 0.157. The molecule has 0 aliphatic rings. The van der Waals surface area contributed by atoms with Crippen LogP contribution in [0.2, 0.25) is 5.02 Å². The zero-order valence-corrected chi connectivity index (χ0v) is 22.2. The van der Waals surface area contributed by atoms with Crippen LogP contribution in [0.3, 0.4) is 0 Å². The van der Waals surface area contributed by atoms with Crippen LogP contribution in [0.1, 0.15) is 38.3 Å². The number of benzene rings is 2. The molecule has 2 rings (SSSR count). The van der Waals surface area contributed by atoms with Gasteiger partial charge in [-0.2, -0.15) is 5.10 Å². The largest absolute Gasteiger partial charge is 0.490 e. The average molecular weight is 533 g/mol. The van der Waals surface area contributed by atoms with E-state index in [0.717, 1.165) is 5.56 Å². The molecule has 3 N–H and O–H groups in total. The Morgan fingerprint density at radius 3 is 2.59 bits per heavy atom. The van der Waals surface area contributed by atoms with Crippen molar-refractivity contribution in [1.29, 1.82) is 0 Å². The highest BCUT2D eigenvalue weighted by Gasteiger charge is 2.13. The van der Waals surface area contributed by atoms with E-state index in [0.29, 0.717) is 54.0 Å². The Labute approximate surface area is 221 Å². The van der Waals surface area contributed by atoms with Crippen molar-refractivity contribution in [3.63, 3.8) is 0 Å². The second kappa shape index (κ2) is 15.5. The Bertz CT molecular complexity index is 1110. The summed E-state index contributed by atoms with van der Waals surface area (Å²) in [5.74, 6) is -1.27. The van der Waals surface area contributed by atoms with E-state index in [1.54, 1.807) is 36.4 Å². The highest BCUT2D eigenvalue weighted by molar-refractivity contribution is 6.35. The van der Waals surface area contributed by atoms with Crippen LogP contribution in [0.15, 0.2) is 41.5 Å². The first-order valence-electron chi connectivity index (χ1n) is 11.9. The van der Waals surface area contributed by atoms with Gasteiger partial charge in [-0.3, -0.25) is 14.4 Å². The number of carbonyl (C=O) groups excluding carboxylic acids is 3. The monoisotopic (exact) mass is 532 g/mol. The van der Waals surface area contributed by atoms with Gasteiger partial charge in [0.2, 0.25) is 0 Å². The fraction of sp³-hybridized carbons (Fsp3) is 0.385. The molecule has 0 bridgehead atoms. The number of halogens is 1. The van der Waals surface area contributed by atoms with Gasteiger partial charge in [-0.05, 0) is 75.6 Å². The molecule has 200 valence electrons. The Kier molecular flexibility index (Phi) is 12.4. The number of hydrogen-bond donors (Lipinski definition) is 3. The van der Waals surface area contributed by atoms with Crippen molar-refractivity contribution in [1.82, 2.24) is 10.7 Å². The molecule has 0 aliphatic carbocycles. The molecular weight excluding hydrogens is 500 g/mol. The summed E-state index contributed by atoms with van der Waals surface area (Å²) in [6, 6.07) is 10.2. The molecule has 37 heavy (non-hydrogen) atoms. The summed E-state index contributed by atoms with van der Waals surface area (Å²) in [5.41, 5.74) is 4.13. The molecular formula is C26H33ClN4O6. The fourth-order valence-corrected chi connectivity index (χ4v) is 3.13. The summed E-state index contributed by atoms with van der Waals surface area (Å²) in [6.45, 7) is 8.40. The molecule has 2 aromatic rings. The smallest absolute Gasteiger partial charge is 0.329 e. The van der Waals surface area contributed by atoms with E-state index in [2.05, 4.69) is 21.2 Å². The lowest BCUT2D eigenvalue weighted by Crippen LogP contribution is -2.38. The van der Waals surface area contributed by atoms with Crippen LogP contribution in [0.25, 0.3) is 0 Å². The maximum absolute atomic E-state index is 12.4. The Balaban J connectivity index is 1.88. The second-order valence-corrected chi connectivity index (χ2v) is 8.52. The van der Waals surface area contributed by atoms with Crippen LogP contribution < -0.4 is 25.5 Å². The first-order chi connectivity index (χ1) is 17.7. The molecule has 0 radical (unpaired) electrons. The van der Waals surface area contributed by atoms with Gasteiger partial charge in [-0.15, -0.1) is 0 Å². The van der Waals surface area contributed by atoms with Crippen molar-refractivity contribution in [3.05, 3.63) is 52.5 Å². The van der Waals surface area contributed by atoms with E-state index in [9.17, 15) is 14.4 Å². The molecule has 0 aliphatic heterocycles. The SMILES string of the molecule is CCOc1cc(/C=N\NC(=O)C(=O)NCCCOC(C)C)ccc1OCC(=O)Nc1cccc(Cl)c1C. The van der Waals surface area contributed by atoms with Crippen LogP contribution >= 0.6 is 11.6 Å². The molecule has 3 amide bonds. The Morgan fingerprint density at radius 1 is 1.08 bits per heavy atom. The van der Waals surface area contributed by atoms with Gasteiger partial charge in [0.05, 0.1) is 18.9 Å². The molecule has 2 aromatic carbocycles. The zero-order chi connectivity index (χ0) is 27.2. The number of hydrazone groups is 1. The Morgan fingerprint density at radius 2 is 1.86 bits per heavy atom. The first kappa shape index (κ1) is 29.6. The number of carbonyl (C=O) groups is 3. The number of nitrogens with one attached hydrogen (secondary N) is 3. The minimum atomic E-state index is -0.882. The van der Waals surface area contributed by atoms with E-state index in [4.69, 9.17) is 25.8 Å². The molecule has 0 spiro atoms. The molecule has 0 heterocycles. The van der Waals surface area contributed by atoms with E-state index >= 15 is 0 Å². The van der Waals surface area contributed by atoms with Gasteiger partial charge in [0.1, 0.15) is 0 Å². The highest BCUT2D eigenvalue weighted by Crippen LogP contribution is 2.28. The normalized spacial score (nSPS) is 10.9. The molecule has 0 aromatic heterocycles. The second-order valence-electron chi connectivity index (χ2n) is 8.12. The summed E-state index contributed by atoms with van der Waals surface area (Å²) in [4.78, 5) is 36.1. The lowest BCUT2D eigenvalue weighted by Gasteiger charge is -2.13. The third-order valence-electron chi connectivity index (χ3n) is 4.81. The van der Waals surface area contributed by atoms with Gasteiger partial charge in [0.15, 0.2) is 18.1 Å². The van der Waals surface area contributed by atoms with Crippen LogP contribution in [-0.2, 0) is 19.1 Å². The summed E-state index contributed by atoms with van der Waals surface area (Å²) >= 11 is 6.09. The summed E-state index contributed by atoms with van der Waals surface area (Å²) in [5, 5.41) is 9.64. The van der Waals surface area contributed by atoms with Crippen molar-refractivity contribution >= 4 is 41.2 Å². The van der Waals surface area contributed by atoms with Gasteiger partial charge >= 0.3 is 11.8 Å². The first-order valence-corrected chi connectivity index (χ1v) is 12.3. The molecule has 0 fully saturated rings. The minimum Gasteiger partial charge on any atom is -0.490 e. The molecule has 0 saturated carbocycles. The van der Waals surface area contributed by atoms with E-state index in [1.807, 2.05) is 27.7 Å². The number of rotatable bonds is 13. The molecule has 10 nitrogen and oxygen atoms in total. The van der Waals surface area contributed by atoms with Gasteiger partial charge in [0, 0.05) is 23.9 Å². The van der Waals surface area contributed by atoms with Crippen LogP contribution in [0.5, 0.6) is 11.5 Å². The molecule has 0 atom stereocenters. The van der Waals surface area contributed by atoms with Crippen molar-refractivity contribution < 1.29 is 28.6 Å². The maximum Gasteiger partial charge on any atom is 0.329 e. The topological polar surface area (TPSA) is 127 Å². The predicted molar refractivity (Wildman–Crippen MR) is 142 cm³/mol. The highest BCUT2D eigenvalue weighted by atomic mass is 35.5. The average Bonchev–Trinajstić information content (AvgIpc) is 2.86. The summed E-state index contributed by atoms with van der Waals surface area (Å²) < 4.78 is 16.6. The third kappa shape index (κ3) is 10.5. The molecule has 0 unspecified atom stereocenters. The lowest BCUT2D eigenvalue weighted by atomic mass is 10.2. The third-order valence-corrected chi connectivity index (χ3v) is 5.22. The molecule has 0 saturated heterocycles. The van der Waals surface area contributed by atoms with Gasteiger partial charge < -0.3 is 24.8 Å². The van der Waals surface area contributed by atoms with Crippen molar-refractivity contribution in [2.45, 2.75) is 40.2 Å². The van der Waals surface area contributed by atoms with Crippen molar-refractivity contribution in [2.24, 2.45) is 5.10 Å². The van der Waals surface area contributed by atoms with Gasteiger partial charge in [-0.25, -0.2) is 5.43 Å². The van der Waals surface area contributed by atoms with Crippen LogP contribution in [0.4, 0.5) is 5.69 Å². The standard InChI is InChI=1S/C26H33ClN4O6/c1-5-35-23-14-19(15-29-31-26(34)25(33)28-12-7-13-36-17(2)3)10-11-22(23)37-16-24(32)30-21-9-6-8-20(27)18(21)4/h6,8-11,14-15,17H,5,7,12-13,16H2,1-4H3,(H,28,33)(H,30,32)(H,31,34)/b29-15-. The number of amides is 3. The number of anilines is 1. The van der Waals surface area contributed by atoms with Gasteiger partial charge in [-0.1, -0.05) is 17.7 Å². The maximum atomic E-state index is 12.4. The summed E-state index contributed by atoms with van der Waals surface area (Å²) in [7, 11) is 0.